The molecule has 0 saturated heterocycles. The van der Waals surface area contributed by atoms with Crippen molar-refractivity contribution in [1.29, 1.82) is 0 Å². The van der Waals surface area contributed by atoms with Crippen molar-refractivity contribution in [2.75, 3.05) is 13.2 Å². The molecule has 0 radical (unpaired) electrons. The molecule has 20 heavy (non-hydrogen) atoms. The van der Waals surface area contributed by atoms with Gasteiger partial charge in [-0.25, -0.2) is 4.98 Å². The first-order valence-electron chi connectivity index (χ1n) is 7.61. The first kappa shape index (κ1) is 17.3. The molecular formula is C16H27ClN2O. The Morgan fingerprint density at radius 2 is 2.10 bits per heavy atom. The van der Waals surface area contributed by atoms with E-state index in [1.165, 1.54) is 19.3 Å². The molecule has 0 unspecified atom stereocenters. The maximum atomic E-state index is 6.16. The number of ether oxygens (including phenoxy) is 1. The normalized spacial score (nSPS) is 11.1. The van der Waals surface area contributed by atoms with Crippen LogP contribution in [0.2, 0.25) is 5.02 Å². The fourth-order valence-electron chi connectivity index (χ4n) is 1.87. The van der Waals surface area contributed by atoms with Gasteiger partial charge in [0.2, 0.25) is 5.88 Å². The van der Waals surface area contributed by atoms with E-state index < -0.39 is 0 Å². The van der Waals surface area contributed by atoms with Crippen molar-refractivity contribution in [2.45, 2.75) is 53.0 Å². The molecule has 0 aromatic carbocycles. The molecule has 1 N–H and O–H groups in total. The molecule has 0 spiro atoms. The number of rotatable bonds is 10. The van der Waals surface area contributed by atoms with E-state index in [9.17, 15) is 0 Å². The number of aromatic nitrogens is 1. The van der Waals surface area contributed by atoms with Crippen LogP contribution in [0, 0.1) is 5.92 Å². The Labute approximate surface area is 128 Å². The summed E-state index contributed by atoms with van der Waals surface area (Å²) in [5.74, 6) is 1.30. The first-order valence-corrected chi connectivity index (χ1v) is 7.99. The van der Waals surface area contributed by atoms with Crippen LogP contribution in [0.15, 0.2) is 12.3 Å². The number of hydrogen-bond donors (Lipinski definition) is 1. The van der Waals surface area contributed by atoms with Gasteiger partial charge in [0, 0.05) is 18.8 Å². The van der Waals surface area contributed by atoms with E-state index in [4.69, 9.17) is 16.3 Å². The summed E-state index contributed by atoms with van der Waals surface area (Å²) in [4.78, 5) is 4.22. The summed E-state index contributed by atoms with van der Waals surface area (Å²) in [7, 11) is 0. The minimum absolute atomic E-state index is 0.630. The Kier molecular flexibility index (Phi) is 8.63. The van der Waals surface area contributed by atoms with Crippen molar-refractivity contribution in [3.63, 3.8) is 0 Å². The first-order chi connectivity index (χ1) is 9.63. The molecule has 0 amide bonds. The standard InChI is InChI=1S/C16H27ClN2O/c1-4-5-6-7-8-20-16-9-14(15(17)12-19-16)11-18-10-13(2)3/h9,12-13,18H,4-8,10-11H2,1-3H3. The van der Waals surface area contributed by atoms with E-state index in [-0.39, 0.29) is 0 Å². The summed E-state index contributed by atoms with van der Waals surface area (Å²) in [6.07, 6.45) is 6.48. The number of nitrogens with zero attached hydrogens (tertiary/aromatic N) is 1. The van der Waals surface area contributed by atoms with Gasteiger partial charge in [-0.2, -0.15) is 0 Å². The van der Waals surface area contributed by atoms with Crippen molar-refractivity contribution in [3.8, 4) is 5.88 Å². The highest BCUT2D eigenvalue weighted by atomic mass is 35.5. The minimum Gasteiger partial charge on any atom is -0.478 e. The molecule has 0 bridgehead atoms. The van der Waals surface area contributed by atoms with Gasteiger partial charge in [-0.1, -0.05) is 51.6 Å². The lowest BCUT2D eigenvalue weighted by molar-refractivity contribution is 0.293. The summed E-state index contributed by atoms with van der Waals surface area (Å²) in [6.45, 7) is 9.04. The molecule has 4 heteroatoms. The predicted octanol–water partition coefficient (Wildman–Crippen LogP) is 4.44. The number of nitrogens with one attached hydrogen (secondary N) is 1. The molecule has 1 rings (SSSR count). The van der Waals surface area contributed by atoms with Crippen molar-refractivity contribution in [3.05, 3.63) is 22.8 Å². The van der Waals surface area contributed by atoms with Gasteiger partial charge in [0.05, 0.1) is 11.6 Å². The van der Waals surface area contributed by atoms with Crippen LogP contribution in [0.3, 0.4) is 0 Å². The zero-order valence-electron chi connectivity index (χ0n) is 12.9. The molecule has 0 aliphatic rings. The van der Waals surface area contributed by atoms with E-state index in [2.05, 4.69) is 31.1 Å². The molecular weight excluding hydrogens is 272 g/mol. The fourth-order valence-corrected chi connectivity index (χ4v) is 2.04. The molecule has 0 saturated carbocycles. The SMILES string of the molecule is CCCCCCOc1cc(CNCC(C)C)c(Cl)cn1. The summed E-state index contributed by atoms with van der Waals surface area (Å²) >= 11 is 6.16. The van der Waals surface area contributed by atoms with E-state index in [0.717, 1.165) is 31.7 Å². The predicted molar refractivity (Wildman–Crippen MR) is 85.4 cm³/mol. The van der Waals surface area contributed by atoms with Gasteiger partial charge < -0.3 is 10.1 Å². The third-order valence-corrected chi connectivity index (χ3v) is 3.37. The Hall–Kier alpha value is -0.800. The van der Waals surface area contributed by atoms with Gasteiger partial charge in [0.1, 0.15) is 0 Å². The third kappa shape index (κ3) is 7.11. The minimum atomic E-state index is 0.630. The van der Waals surface area contributed by atoms with Gasteiger partial charge >= 0.3 is 0 Å². The second kappa shape index (κ2) is 10.0. The largest absolute Gasteiger partial charge is 0.478 e. The molecule has 1 aromatic heterocycles. The molecule has 3 nitrogen and oxygen atoms in total. The third-order valence-electron chi connectivity index (χ3n) is 3.03. The van der Waals surface area contributed by atoms with Crippen molar-refractivity contribution in [1.82, 2.24) is 10.3 Å². The molecule has 1 heterocycles. The average Bonchev–Trinajstić information content (AvgIpc) is 2.41. The van der Waals surface area contributed by atoms with Crippen LogP contribution >= 0.6 is 11.6 Å². The van der Waals surface area contributed by atoms with Crippen LogP contribution < -0.4 is 10.1 Å². The highest BCUT2D eigenvalue weighted by Crippen LogP contribution is 2.19. The molecule has 1 aromatic rings. The lowest BCUT2D eigenvalue weighted by Crippen LogP contribution is -2.19. The van der Waals surface area contributed by atoms with Crippen LogP contribution in [0.4, 0.5) is 0 Å². The van der Waals surface area contributed by atoms with Crippen LogP contribution in [0.5, 0.6) is 5.88 Å². The smallest absolute Gasteiger partial charge is 0.213 e. The Bertz CT molecular complexity index is 383. The van der Waals surface area contributed by atoms with Gasteiger partial charge in [-0.15, -0.1) is 0 Å². The Morgan fingerprint density at radius 3 is 2.80 bits per heavy atom. The highest BCUT2D eigenvalue weighted by molar-refractivity contribution is 6.31. The molecule has 114 valence electrons. The second-order valence-electron chi connectivity index (χ2n) is 5.55. The summed E-state index contributed by atoms with van der Waals surface area (Å²) < 4.78 is 5.68. The maximum absolute atomic E-state index is 6.16. The fraction of sp³-hybridized carbons (Fsp3) is 0.688. The summed E-state index contributed by atoms with van der Waals surface area (Å²) in [5, 5.41) is 4.08. The number of pyridine rings is 1. The Morgan fingerprint density at radius 1 is 1.30 bits per heavy atom. The maximum Gasteiger partial charge on any atom is 0.213 e. The monoisotopic (exact) mass is 298 g/mol. The average molecular weight is 299 g/mol. The molecule has 0 aliphatic heterocycles. The second-order valence-corrected chi connectivity index (χ2v) is 5.96. The number of halogens is 1. The summed E-state index contributed by atoms with van der Waals surface area (Å²) in [5.41, 5.74) is 1.05. The topological polar surface area (TPSA) is 34.1 Å². The van der Waals surface area contributed by atoms with E-state index in [1.807, 2.05) is 6.07 Å². The van der Waals surface area contributed by atoms with Gasteiger partial charge in [0.15, 0.2) is 0 Å². The van der Waals surface area contributed by atoms with E-state index in [0.29, 0.717) is 16.8 Å². The van der Waals surface area contributed by atoms with Crippen molar-refractivity contribution in [2.24, 2.45) is 5.92 Å². The zero-order chi connectivity index (χ0) is 14.8. The lowest BCUT2D eigenvalue weighted by Gasteiger charge is -2.11. The van der Waals surface area contributed by atoms with Crippen LogP contribution in [0.25, 0.3) is 0 Å². The van der Waals surface area contributed by atoms with Crippen LogP contribution in [0.1, 0.15) is 52.0 Å². The molecule has 0 aliphatic carbocycles. The summed E-state index contributed by atoms with van der Waals surface area (Å²) in [6, 6.07) is 1.94. The van der Waals surface area contributed by atoms with Crippen LogP contribution in [-0.4, -0.2) is 18.1 Å². The number of unbranched alkanes of at least 4 members (excludes halogenated alkanes) is 3. The Balaban J connectivity index is 2.40. The van der Waals surface area contributed by atoms with Gasteiger partial charge in [0.25, 0.3) is 0 Å². The lowest BCUT2D eigenvalue weighted by atomic mass is 10.2. The van der Waals surface area contributed by atoms with Crippen LogP contribution in [-0.2, 0) is 6.54 Å². The van der Waals surface area contributed by atoms with Crippen molar-refractivity contribution < 1.29 is 4.74 Å². The zero-order valence-corrected chi connectivity index (χ0v) is 13.7. The number of hydrogen-bond acceptors (Lipinski definition) is 3. The molecule has 0 fully saturated rings. The highest BCUT2D eigenvalue weighted by Gasteiger charge is 2.05. The quantitative estimate of drug-likeness (QED) is 0.648. The van der Waals surface area contributed by atoms with Crippen molar-refractivity contribution >= 4 is 11.6 Å². The molecule has 0 atom stereocenters. The van der Waals surface area contributed by atoms with E-state index in [1.54, 1.807) is 6.20 Å². The van der Waals surface area contributed by atoms with Gasteiger partial charge in [-0.05, 0) is 24.4 Å². The van der Waals surface area contributed by atoms with Gasteiger partial charge in [-0.3, -0.25) is 0 Å². The van der Waals surface area contributed by atoms with E-state index >= 15 is 0 Å².